The second kappa shape index (κ2) is 14.4. The van der Waals surface area contributed by atoms with Crippen LogP contribution in [0.15, 0.2) is 67.3 Å². The van der Waals surface area contributed by atoms with Crippen LogP contribution in [0.5, 0.6) is 0 Å². The first-order valence-corrected chi connectivity index (χ1v) is 12.3. The Morgan fingerprint density at radius 2 is 1.72 bits per heavy atom. The van der Waals surface area contributed by atoms with Crippen molar-refractivity contribution >= 4 is 23.9 Å². The van der Waals surface area contributed by atoms with E-state index in [1.807, 2.05) is 30.3 Å². The lowest BCUT2D eigenvalue weighted by Crippen LogP contribution is -2.54. The number of carbonyl (C=O) groups excluding carboxylic acids is 4. The first-order chi connectivity index (χ1) is 18.5. The number of terminal acetylenes is 1. The van der Waals surface area contributed by atoms with Gasteiger partial charge in [0.15, 0.2) is 0 Å². The maximum atomic E-state index is 14.1. The quantitative estimate of drug-likeness (QED) is 0.261. The molecule has 0 saturated carbocycles. The maximum Gasteiger partial charge on any atom is 0.408 e. The average Bonchev–Trinajstić information content (AvgIpc) is 2.90. The SMILES string of the molecule is C#Cc1ccc(C(C(=O)NCC(=O)OC)N(CC=C)C(=O)C(Cc2ccccc2)NC(=O)OC(C)(C)C)cc1. The highest BCUT2D eigenvalue weighted by Gasteiger charge is 2.36. The summed E-state index contributed by atoms with van der Waals surface area (Å²) in [7, 11) is 1.20. The van der Waals surface area contributed by atoms with Crippen molar-refractivity contribution in [3.63, 3.8) is 0 Å². The van der Waals surface area contributed by atoms with E-state index in [1.54, 1.807) is 45.0 Å². The van der Waals surface area contributed by atoms with Crippen molar-refractivity contribution in [2.45, 2.75) is 44.9 Å². The number of methoxy groups -OCH3 is 1. The van der Waals surface area contributed by atoms with Gasteiger partial charge in [0, 0.05) is 18.5 Å². The van der Waals surface area contributed by atoms with Gasteiger partial charge >= 0.3 is 12.1 Å². The topological polar surface area (TPSA) is 114 Å². The van der Waals surface area contributed by atoms with Crippen LogP contribution in [0.25, 0.3) is 0 Å². The number of amides is 3. The fourth-order valence-corrected chi connectivity index (χ4v) is 3.72. The van der Waals surface area contributed by atoms with Crippen LogP contribution in [0.4, 0.5) is 4.79 Å². The lowest BCUT2D eigenvalue weighted by Gasteiger charge is -2.34. The lowest BCUT2D eigenvalue weighted by atomic mass is 9.99. The van der Waals surface area contributed by atoms with Crippen LogP contribution in [0, 0.1) is 12.3 Å². The average molecular weight is 534 g/mol. The van der Waals surface area contributed by atoms with Gasteiger partial charge in [0.2, 0.25) is 11.8 Å². The molecular weight excluding hydrogens is 498 g/mol. The smallest absolute Gasteiger partial charge is 0.408 e. The molecule has 0 saturated heterocycles. The Hall–Kier alpha value is -4.58. The van der Waals surface area contributed by atoms with E-state index < -0.39 is 48.1 Å². The predicted octanol–water partition coefficient (Wildman–Crippen LogP) is 3.15. The molecule has 0 heterocycles. The van der Waals surface area contributed by atoms with E-state index in [0.29, 0.717) is 11.1 Å². The van der Waals surface area contributed by atoms with E-state index in [9.17, 15) is 19.2 Å². The zero-order valence-corrected chi connectivity index (χ0v) is 22.7. The third-order valence-corrected chi connectivity index (χ3v) is 5.47. The van der Waals surface area contributed by atoms with Gasteiger partial charge in [-0.05, 0) is 44.0 Å². The summed E-state index contributed by atoms with van der Waals surface area (Å²) in [6, 6.07) is 13.4. The number of hydrogen-bond donors (Lipinski definition) is 2. The summed E-state index contributed by atoms with van der Waals surface area (Å²) in [6.07, 6.45) is 6.31. The van der Waals surface area contributed by atoms with Crippen LogP contribution in [0.1, 0.15) is 43.5 Å². The van der Waals surface area contributed by atoms with Crippen molar-refractivity contribution in [3.05, 3.63) is 83.9 Å². The number of benzene rings is 2. The van der Waals surface area contributed by atoms with Crippen molar-refractivity contribution in [2.75, 3.05) is 20.2 Å². The van der Waals surface area contributed by atoms with Gasteiger partial charge in [0.1, 0.15) is 24.2 Å². The van der Waals surface area contributed by atoms with Crippen LogP contribution >= 0.6 is 0 Å². The van der Waals surface area contributed by atoms with Crippen molar-refractivity contribution in [1.82, 2.24) is 15.5 Å². The van der Waals surface area contributed by atoms with Crippen LogP contribution in [-0.2, 0) is 30.3 Å². The predicted molar refractivity (Wildman–Crippen MR) is 147 cm³/mol. The second-order valence-electron chi connectivity index (χ2n) is 9.63. The first kappa shape index (κ1) is 30.6. The Morgan fingerprint density at radius 3 is 2.26 bits per heavy atom. The number of alkyl carbamates (subject to hydrolysis) is 1. The number of esters is 1. The molecule has 3 amide bonds. The Bertz CT molecular complexity index is 1200. The standard InChI is InChI=1S/C30H35N3O6/c1-7-18-33(26(27(35)31-20-25(34)38-6)23-16-14-21(8-2)15-17-23)28(36)24(19-22-12-10-9-11-13-22)32-29(37)39-30(3,4)5/h2,7,9-17,24,26H,1,18-20H2,3-6H3,(H,31,35)(H,32,37). The number of ether oxygens (including phenoxy) is 2. The molecule has 9 nitrogen and oxygen atoms in total. The molecule has 0 bridgehead atoms. The zero-order valence-electron chi connectivity index (χ0n) is 22.7. The van der Waals surface area contributed by atoms with Gasteiger partial charge in [-0.25, -0.2) is 4.79 Å². The molecule has 0 aliphatic carbocycles. The minimum atomic E-state index is -1.18. The summed E-state index contributed by atoms with van der Waals surface area (Å²) < 4.78 is 10.0. The summed E-state index contributed by atoms with van der Waals surface area (Å²) in [6.45, 7) is 8.46. The molecule has 0 aliphatic heterocycles. The van der Waals surface area contributed by atoms with Crippen LogP contribution in [0.3, 0.4) is 0 Å². The van der Waals surface area contributed by atoms with Crippen LogP contribution in [-0.4, -0.2) is 60.6 Å². The van der Waals surface area contributed by atoms with E-state index >= 15 is 0 Å². The number of carbonyl (C=O) groups is 4. The van der Waals surface area contributed by atoms with Crippen molar-refractivity contribution in [1.29, 1.82) is 0 Å². The summed E-state index contributed by atoms with van der Waals surface area (Å²) in [5, 5.41) is 5.19. The molecule has 0 aromatic heterocycles. The molecule has 2 N–H and O–H groups in total. The molecule has 39 heavy (non-hydrogen) atoms. The third-order valence-electron chi connectivity index (χ3n) is 5.47. The Morgan fingerprint density at radius 1 is 1.08 bits per heavy atom. The van der Waals surface area contributed by atoms with Gasteiger partial charge in [-0.2, -0.15) is 0 Å². The molecule has 0 spiro atoms. The minimum absolute atomic E-state index is 0.0344. The van der Waals surface area contributed by atoms with Crippen LogP contribution in [0.2, 0.25) is 0 Å². The highest BCUT2D eigenvalue weighted by Crippen LogP contribution is 2.24. The molecule has 9 heteroatoms. The highest BCUT2D eigenvalue weighted by molar-refractivity contribution is 5.93. The lowest BCUT2D eigenvalue weighted by molar-refractivity contribution is -0.144. The molecule has 2 aromatic rings. The molecule has 0 fully saturated rings. The number of nitrogens with zero attached hydrogens (tertiary/aromatic N) is 1. The molecule has 0 aliphatic rings. The number of rotatable bonds is 11. The molecule has 2 atom stereocenters. The largest absolute Gasteiger partial charge is 0.468 e. The van der Waals surface area contributed by atoms with Gasteiger partial charge in [-0.1, -0.05) is 54.5 Å². The zero-order chi connectivity index (χ0) is 29.0. The Labute approximate surface area is 229 Å². The van der Waals surface area contributed by atoms with E-state index in [2.05, 4.69) is 27.9 Å². The van der Waals surface area contributed by atoms with Gasteiger partial charge in [-0.3, -0.25) is 14.4 Å². The summed E-state index contributed by atoms with van der Waals surface area (Å²) >= 11 is 0. The van der Waals surface area contributed by atoms with Gasteiger partial charge in [0.25, 0.3) is 0 Å². The van der Waals surface area contributed by atoms with Gasteiger partial charge < -0.3 is 25.0 Å². The Balaban J connectivity index is 2.52. The fourth-order valence-electron chi connectivity index (χ4n) is 3.72. The fraction of sp³-hybridized carbons (Fsp3) is 0.333. The van der Waals surface area contributed by atoms with E-state index in [4.69, 9.17) is 11.2 Å². The van der Waals surface area contributed by atoms with Crippen molar-refractivity contribution in [2.24, 2.45) is 0 Å². The van der Waals surface area contributed by atoms with Crippen molar-refractivity contribution < 1.29 is 28.7 Å². The Kier molecular flexibility index (Phi) is 11.3. The summed E-state index contributed by atoms with van der Waals surface area (Å²) in [4.78, 5) is 53.2. The summed E-state index contributed by atoms with van der Waals surface area (Å²) in [5.41, 5.74) is 1.03. The van der Waals surface area contributed by atoms with E-state index in [1.165, 1.54) is 18.1 Å². The number of hydrogen-bond acceptors (Lipinski definition) is 6. The number of nitrogens with one attached hydrogen (secondary N) is 2. The first-order valence-electron chi connectivity index (χ1n) is 12.3. The molecule has 0 radical (unpaired) electrons. The maximum absolute atomic E-state index is 14.1. The third kappa shape index (κ3) is 9.67. The van der Waals surface area contributed by atoms with Crippen molar-refractivity contribution in [3.8, 4) is 12.3 Å². The summed E-state index contributed by atoms with van der Waals surface area (Å²) in [5.74, 6) is 0.683. The second-order valence-corrected chi connectivity index (χ2v) is 9.63. The minimum Gasteiger partial charge on any atom is -0.468 e. The molecular formula is C30H35N3O6. The van der Waals surface area contributed by atoms with E-state index in [0.717, 1.165) is 5.56 Å². The molecule has 2 unspecified atom stereocenters. The highest BCUT2D eigenvalue weighted by atomic mass is 16.6. The molecule has 206 valence electrons. The normalized spacial score (nSPS) is 12.2. The van der Waals surface area contributed by atoms with Crippen LogP contribution < -0.4 is 10.6 Å². The van der Waals surface area contributed by atoms with Gasteiger partial charge in [0.05, 0.1) is 7.11 Å². The monoisotopic (exact) mass is 533 g/mol. The molecule has 2 aromatic carbocycles. The van der Waals surface area contributed by atoms with E-state index in [-0.39, 0.29) is 13.0 Å². The molecule has 2 rings (SSSR count). The van der Waals surface area contributed by atoms with Gasteiger partial charge in [-0.15, -0.1) is 13.0 Å².